The molecule has 10 rings (SSSR count). The Hall–Kier alpha value is -4.12. The Morgan fingerprint density at radius 1 is 0.738 bits per heavy atom. The van der Waals surface area contributed by atoms with Crippen molar-refractivity contribution in [3.8, 4) is 0 Å². The Bertz CT molecular complexity index is 1880. The van der Waals surface area contributed by atoms with Crippen molar-refractivity contribution < 1.29 is 13.2 Å². The zero-order valence-corrected chi connectivity index (χ0v) is 24.1. The maximum absolute atomic E-state index is 15.2. The van der Waals surface area contributed by atoms with Crippen molar-refractivity contribution in [3.05, 3.63) is 123 Å². The third-order valence-electron chi connectivity index (χ3n) is 8.92. The molecule has 2 nitrogen and oxygen atoms in total. The molecule has 212 valence electrons. The summed E-state index contributed by atoms with van der Waals surface area (Å²) >= 11 is 0. The van der Waals surface area contributed by atoms with Crippen LogP contribution >= 0.6 is 0 Å². The van der Waals surface area contributed by atoms with Crippen molar-refractivity contribution in [1.82, 2.24) is 0 Å². The number of halogens is 3. The van der Waals surface area contributed by atoms with Gasteiger partial charge in [-0.15, -0.1) is 0 Å². The van der Waals surface area contributed by atoms with E-state index < -0.39 is 17.8 Å². The van der Waals surface area contributed by atoms with E-state index in [1.54, 1.807) is 0 Å². The maximum Gasteiger partial charge on any atom is 0.419 e. The van der Waals surface area contributed by atoms with E-state index in [1.165, 1.54) is 11.9 Å². The van der Waals surface area contributed by atoms with Crippen molar-refractivity contribution in [2.24, 2.45) is 4.99 Å². The number of fused-ring (bicyclic) bond motifs is 2. The van der Waals surface area contributed by atoms with Gasteiger partial charge in [-0.05, 0) is 98.2 Å². The van der Waals surface area contributed by atoms with Gasteiger partial charge in [-0.25, -0.2) is 0 Å². The monoisotopic (exact) mass is 562 g/mol. The van der Waals surface area contributed by atoms with Crippen LogP contribution in [0.15, 0.2) is 83.9 Å². The van der Waals surface area contributed by atoms with Crippen LogP contribution in [-0.2, 0) is 37.3 Å². The van der Waals surface area contributed by atoms with E-state index in [0.717, 1.165) is 45.0 Å². The third-order valence-corrected chi connectivity index (χ3v) is 8.92. The average Bonchev–Trinajstić information content (AvgIpc) is 2.95. The average molecular weight is 563 g/mol. The van der Waals surface area contributed by atoms with Crippen LogP contribution in [-0.4, -0.2) is 6.34 Å². The number of anilines is 1. The highest BCUT2D eigenvalue weighted by atomic mass is 19.4. The van der Waals surface area contributed by atoms with E-state index in [2.05, 4.69) is 74.6 Å². The molecule has 4 aliphatic carbocycles. The molecule has 0 amide bonds. The Morgan fingerprint density at radius 2 is 1.40 bits per heavy atom. The number of nitrogens with zero attached hydrogens (tertiary/aromatic N) is 1. The second kappa shape index (κ2) is 9.72. The largest absolute Gasteiger partial charge is 0.419 e. The number of benzene rings is 5. The predicted octanol–water partition coefficient (Wildman–Crippen LogP) is 9.74. The van der Waals surface area contributed by atoms with E-state index >= 15 is 13.2 Å². The van der Waals surface area contributed by atoms with Gasteiger partial charge in [0.1, 0.15) is 6.04 Å². The molecule has 5 aliphatic rings. The summed E-state index contributed by atoms with van der Waals surface area (Å²) in [7, 11) is 0. The van der Waals surface area contributed by atoms with Gasteiger partial charge in [0.15, 0.2) is 0 Å². The Labute approximate surface area is 244 Å². The number of aliphatic imine (C=N–C) groups is 1. The lowest BCUT2D eigenvalue weighted by Crippen LogP contribution is -2.20. The fraction of sp³-hybridized carbons (Fsp3) is 0.270. The summed E-state index contributed by atoms with van der Waals surface area (Å²) < 4.78 is 45.6. The van der Waals surface area contributed by atoms with Gasteiger partial charge in [-0.1, -0.05) is 87.5 Å². The van der Waals surface area contributed by atoms with E-state index in [0.29, 0.717) is 35.6 Å². The topological polar surface area (TPSA) is 24.4 Å². The molecule has 0 radical (unpaired) electrons. The predicted molar refractivity (Wildman–Crippen MR) is 167 cm³/mol. The molecule has 1 unspecified atom stereocenters. The zero-order chi connectivity index (χ0) is 29.2. The van der Waals surface area contributed by atoms with Crippen molar-refractivity contribution in [1.29, 1.82) is 0 Å². The molecule has 0 saturated carbocycles. The van der Waals surface area contributed by atoms with Gasteiger partial charge in [-0.2, -0.15) is 13.2 Å². The summed E-state index contributed by atoms with van der Waals surface area (Å²) in [5.74, 6) is 0. The van der Waals surface area contributed by atoms with Gasteiger partial charge >= 0.3 is 6.18 Å². The van der Waals surface area contributed by atoms with Crippen LogP contribution < -0.4 is 5.32 Å². The van der Waals surface area contributed by atoms with Crippen molar-refractivity contribution in [2.45, 2.75) is 64.1 Å². The fourth-order valence-electron chi connectivity index (χ4n) is 6.81. The zero-order valence-electron chi connectivity index (χ0n) is 24.1. The van der Waals surface area contributed by atoms with Gasteiger partial charge < -0.3 is 5.32 Å². The number of hydrogen-bond donors (Lipinski definition) is 1. The molecule has 5 heteroatoms. The van der Waals surface area contributed by atoms with Gasteiger partial charge in [0.25, 0.3) is 0 Å². The van der Waals surface area contributed by atoms with Crippen LogP contribution in [0.5, 0.6) is 0 Å². The fourth-order valence-corrected chi connectivity index (χ4v) is 6.81. The Morgan fingerprint density at radius 3 is 2.10 bits per heavy atom. The smallest absolute Gasteiger partial charge is 0.346 e. The van der Waals surface area contributed by atoms with E-state index in [1.807, 2.05) is 30.3 Å². The van der Waals surface area contributed by atoms with E-state index in [9.17, 15) is 0 Å². The van der Waals surface area contributed by atoms with Crippen molar-refractivity contribution in [2.75, 3.05) is 5.32 Å². The summed E-state index contributed by atoms with van der Waals surface area (Å²) in [5.41, 5.74) is 6.02. The van der Waals surface area contributed by atoms with Gasteiger partial charge in [0.05, 0.1) is 17.6 Å². The number of alkyl halides is 3. The molecule has 42 heavy (non-hydrogen) atoms. The number of rotatable bonds is 1. The molecule has 0 aromatic heterocycles. The molecule has 4 bridgehead atoms. The summed E-state index contributed by atoms with van der Waals surface area (Å²) in [5, 5.41) is 6.19. The Balaban J connectivity index is 1.50. The molecule has 0 fully saturated rings. The highest BCUT2D eigenvalue weighted by molar-refractivity contribution is 6.00. The molecule has 0 spiro atoms. The van der Waals surface area contributed by atoms with Crippen LogP contribution in [0.4, 0.5) is 18.9 Å². The van der Waals surface area contributed by atoms with Crippen molar-refractivity contribution >= 4 is 33.6 Å². The molecule has 0 saturated heterocycles. The lowest BCUT2D eigenvalue weighted by molar-refractivity contribution is -0.135. The van der Waals surface area contributed by atoms with Crippen LogP contribution in [0.2, 0.25) is 0 Å². The van der Waals surface area contributed by atoms with Crippen molar-refractivity contribution in [3.63, 3.8) is 0 Å². The minimum atomic E-state index is -4.54. The molecule has 1 N–H and O–H groups in total. The van der Waals surface area contributed by atoms with E-state index in [-0.39, 0.29) is 11.1 Å². The Kier molecular flexibility index (Phi) is 6.19. The lowest BCUT2D eigenvalue weighted by atomic mass is 9.80. The van der Waals surface area contributed by atoms with Crippen LogP contribution in [0, 0.1) is 0 Å². The number of hydrogen-bond acceptors (Lipinski definition) is 2. The maximum atomic E-state index is 15.2. The second-order valence-electron chi connectivity index (χ2n) is 12.7. The molecular weight excluding hydrogens is 529 g/mol. The highest BCUT2D eigenvalue weighted by Crippen LogP contribution is 2.49. The summed E-state index contributed by atoms with van der Waals surface area (Å²) in [6, 6.07) is 26.4. The molecular formula is C37H33F3N2. The first-order chi connectivity index (χ1) is 20.1. The molecule has 1 atom stereocenters. The molecule has 5 aromatic rings. The first-order valence-electron chi connectivity index (χ1n) is 14.7. The normalized spacial score (nSPS) is 16.8. The van der Waals surface area contributed by atoms with Gasteiger partial charge in [-0.3, -0.25) is 4.99 Å². The lowest BCUT2D eigenvalue weighted by Gasteiger charge is -2.29. The van der Waals surface area contributed by atoms with Gasteiger partial charge in [0.2, 0.25) is 0 Å². The minimum Gasteiger partial charge on any atom is -0.346 e. The van der Waals surface area contributed by atoms with Gasteiger partial charge in [0, 0.05) is 5.56 Å². The third kappa shape index (κ3) is 4.56. The summed E-state index contributed by atoms with van der Waals surface area (Å²) in [6.07, 6.45) is -0.437. The first kappa shape index (κ1) is 26.8. The highest BCUT2D eigenvalue weighted by Gasteiger charge is 2.40. The number of nitrogens with one attached hydrogen (secondary N) is 1. The summed E-state index contributed by atoms with van der Waals surface area (Å²) in [6.45, 7) is 6.51. The molecule has 5 aromatic carbocycles. The van der Waals surface area contributed by atoms with E-state index in [4.69, 9.17) is 4.99 Å². The standard InChI is InChI=1S/C37H33F3N2/c1-36(2,3)31-19-27(18-26-6-4-5-7-28(26)31)34-30-20-29-24-14-12-22-8-10-23(11-9-22)13-15-25(17-16-24)32(29)33(37(38,39)40)35(30)42-21-41-34/h4-11,16-21,34H,12-15H2,1-3H3,(H,41,42). The number of aryl methyl sites for hydroxylation is 4. The second-order valence-corrected chi connectivity index (χ2v) is 12.7. The van der Waals surface area contributed by atoms with Crippen LogP contribution in [0.25, 0.3) is 21.5 Å². The first-order valence-corrected chi connectivity index (χ1v) is 14.7. The minimum absolute atomic E-state index is 0.120. The molecule has 1 heterocycles. The van der Waals surface area contributed by atoms with Crippen LogP contribution in [0.3, 0.4) is 0 Å². The molecule has 1 aliphatic heterocycles. The summed E-state index contributed by atoms with van der Waals surface area (Å²) in [4.78, 5) is 4.78. The van der Waals surface area contributed by atoms with Crippen LogP contribution in [0.1, 0.15) is 71.3 Å². The SMILES string of the molecule is CC(C)(C)c1cc(C2N=CNc3c2cc2c4ccc(c2c3C(F)(F)F)CCc2ccc(cc2)CC4)cc2ccccc12. The quantitative estimate of drug-likeness (QED) is 0.216.